The van der Waals surface area contributed by atoms with Gasteiger partial charge in [-0.25, -0.2) is 13.2 Å². The monoisotopic (exact) mass is 232 g/mol. The summed E-state index contributed by atoms with van der Waals surface area (Å²) in [6.45, 7) is 0. The lowest BCUT2D eigenvalue weighted by molar-refractivity contribution is 0.591. The molecule has 0 heterocycles. The maximum absolute atomic E-state index is 10.6. The number of hydrazone groups is 1. The van der Waals surface area contributed by atoms with Crippen LogP contribution >= 0.6 is 11.6 Å². The fourth-order valence-electron chi connectivity index (χ4n) is 0.784. The number of nitrogens with zero attached hydrogens (tertiary/aromatic N) is 1. The van der Waals surface area contributed by atoms with Gasteiger partial charge in [0.15, 0.2) is 0 Å². The quantitative estimate of drug-likeness (QED) is 0.629. The van der Waals surface area contributed by atoms with Gasteiger partial charge in [-0.2, -0.15) is 5.10 Å². The third-order valence-corrected chi connectivity index (χ3v) is 1.95. The second-order valence-corrected chi connectivity index (χ2v) is 4.84. The van der Waals surface area contributed by atoms with E-state index in [-0.39, 0.29) is 0 Å². The van der Waals surface area contributed by atoms with Crippen LogP contribution in [-0.2, 0) is 10.0 Å². The van der Waals surface area contributed by atoms with Crippen LogP contribution in [-0.4, -0.2) is 20.9 Å². The molecule has 0 fully saturated rings. The van der Waals surface area contributed by atoms with Crippen molar-refractivity contribution in [3.63, 3.8) is 0 Å². The standard InChI is InChI=1S/C8H9ClN2O2S/c1-14(12,13)11-10-6-7-3-2-4-8(9)5-7/h2-6,11H,1H3. The van der Waals surface area contributed by atoms with Crippen LogP contribution in [0.15, 0.2) is 29.4 Å². The largest absolute Gasteiger partial charge is 0.244 e. The number of sulfonamides is 1. The highest BCUT2D eigenvalue weighted by Gasteiger charge is 1.94. The van der Waals surface area contributed by atoms with Crippen molar-refractivity contribution in [3.8, 4) is 0 Å². The van der Waals surface area contributed by atoms with E-state index in [1.807, 2.05) is 4.83 Å². The molecule has 0 unspecified atom stereocenters. The first kappa shape index (κ1) is 11.0. The zero-order chi connectivity index (χ0) is 10.6. The third-order valence-electron chi connectivity index (χ3n) is 1.28. The van der Waals surface area contributed by atoms with Crippen molar-refractivity contribution in [1.82, 2.24) is 4.83 Å². The lowest BCUT2D eigenvalue weighted by atomic mass is 10.2. The molecule has 0 spiro atoms. The first-order valence-electron chi connectivity index (χ1n) is 3.73. The molecule has 1 N–H and O–H groups in total. The highest BCUT2D eigenvalue weighted by Crippen LogP contribution is 2.08. The molecule has 6 heteroatoms. The molecule has 0 aliphatic heterocycles. The molecule has 0 atom stereocenters. The summed E-state index contributed by atoms with van der Waals surface area (Å²) in [6, 6.07) is 6.92. The number of hydrogen-bond donors (Lipinski definition) is 1. The summed E-state index contributed by atoms with van der Waals surface area (Å²) in [5.41, 5.74) is 0.730. The molecule has 0 amide bonds. The maximum atomic E-state index is 10.6. The van der Waals surface area contributed by atoms with E-state index >= 15 is 0 Å². The molecule has 0 radical (unpaired) electrons. The second kappa shape index (κ2) is 4.43. The van der Waals surface area contributed by atoms with E-state index in [2.05, 4.69) is 5.10 Å². The fraction of sp³-hybridized carbons (Fsp3) is 0.125. The van der Waals surface area contributed by atoms with E-state index in [1.54, 1.807) is 24.3 Å². The SMILES string of the molecule is CS(=O)(=O)NN=Cc1cccc(Cl)c1. The van der Waals surface area contributed by atoms with Crippen LogP contribution in [0.2, 0.25) is 5.02 Å². The van der Waals surface area contributed by atoms with Gasteiger partial charge in [-0.15, -0.1) is 0 Å². The number of rotatable bonds is 3. The van der Waals surface area contributed by atoms with Crippen molar-refractivity contribution in [2.75, 3.05) is 6.26 Å². The number of halogens is 1. The lowest BCUT2D eigenvalue weighted by Gasteiger charge is -1.95. The Hall–Kier alpha value is -1.07. The molecule has 1 aromatic rings. The topological polar surface area (TPSA) is 58.5 Å². The Morgan fingerprint density at radius 2 is 2.21 bits per heavy atom. The Morgan fingerprint density at radius 1 is 1.50 bits per heavy atom. The van der Waals surface area contributed by atoms with Crippen molar-refractivity contribution >= 4 is 27.8 Å². The first-order chi connectivity index (χ1) is 6.47. The minimum Gasteiger partial charge on any atom is -0.206 e. The highest BCUT2D eigenvalue weighted by atomic mass is 35.5. The summed E-state index contributed by atoms with van der Waals surface area (Å²) in [6.07, 6.45) is 2.41. The molecule has 4 nitrogen and oxygen atoms in total. The molecule has 0 saturated heterocycles. The summed E-state index contributed by atoms with van der Waals surface area (Å²) in [5, 5.41) is 4.11. The van der Waals surface area contributed by atoms with Crippen LogP contribution in [0, 0.1) is 0 Å². The zero-order valence-electron chi connectivity index (χ0n) is 7.44. The van der Waals surface area contributed by atoms with Crippen LogP contribution in [0.5, 0.6) is 0 Å². The van der Waals surface area contributed by atoms with Gasteiger partial charge in [0.05, 0.1) is 12.5 Å². The van der Waals surface area contributed by atoms with E-state index in [0.717, 1.165) is 11.8 Å². The molecule has 1 rings (SSSR count). The average Bonchev–Trinajstić information content (AvgIpc) is 2.01. The molecule has 0 aliphatic carbocycles. The predicted octanol–water partition coefficient (Wildman–Crippen LogP) is 1.22. The van der Waals surface area contributed by atoms with Gasteiger partial charge < -0.3 is 0 Å². The smallest absolute Gasteiger partial charge is 0.206 e. The Kier molecular flexibility index (Phi) is 3.49. The van der Waals surface area contributed by atoms with E-state index in [4.69, 9.17) is 11.6 Å². The van der Waals surface area contributed by atoms with Crippen LogP contribution in [0.4, 0.5) is 0 Å². The first-order valence-corrected chi connectivity index (χ1v) is 6.00. The minimum atomic E-state index is -3.29. The Morgan fingerprint density at radius 3 is 2.79 bits per heavy atom. The average molecular weight is 233 g/mol. The molecular weight excluding hydrogens is 224 g/mol. The van der Waals surface area contributed by atoms with Crippen molar-refractivity contribution < 1.29 is 8.42 Å². The van der Waals surface area contributed by atoms with E-state index < -0.39 is 10.0 Å². The van der Waals surface area contributed by atoms with Gasteiger partial charge in [0.1, 0.15) is 0 Å². The molecule has 0 saturated carbocycles. The second-order valence-electron chi connectivity index (χ2n) is 2.68. The molecule has 0 aliphatic rings. The molecular formula is C8H9ClN2O2S. The lowest BCUT2D eigenvalue weighted by Crippen LogP contribution is -2.15. The van der Waals surface area contributed by atoms with Gasteiger partial charge in [0, 0.05) is 5.02 Å². The van der Waals surface area contributed by atoms with E-state index in [1.165, 1.54) is 6.21 Å². The molecule has 14 heavy (non-hydrogen) atoms. The normalized spacial score (nSPS) is 11.9. The number of benzene rings is 1. The summed E-state index contributed by atoms with van der Waals surface area (Å²) < 4.78 is 21.3. The molecule has 76 valence electrons. The Bertz CT molecular complexity index is 442. The van der Waals surface area contributed by atoms with Crippen molar-refractivity contribution in [3.05, 3.63) is 34.9 Å². The zero-order valence-corrected chi connectivity index (χ0v) is 9.01. The van der Waals surface area contributed by atoms with Crippen LogP contribution in [0.25, 0.3) is 0 Å². The van der Waals surface area contributed by atoms with Crippen LogP contribution in [0.1, 0.15) is 5.56 Å². The number of hydrogen-bond acceptors (Lipinski definition) is 3. The third kappa shape index (κ3) is 4.25. The van der Waals surface area contributed by atoms with Crippen LogP contribution in [0.3, 0.4) is 0 Å². The van der Waals surface area contributed by atoms with E-state index in [0.29, 0.717) is 5.02 Å². The minimum absolute atomic E-state index is 0.577. The van der Waals surface area contributed by atoms with Gasteiger partial charge >= 0.3 is 0 Å². The summed E-state index contributed by atoms with van der Waals surface area (Å²) in [7, 11) is -3.29. The van der Waals surface area contributed by atoms with Gasteiger partial charge in [-0.1, -0.05) is 23.7 Å². The highest BCUT2D eigenvalue weighted by molar-refractivity contribution is 7.88. The fourth-order valence-corrected chi connectivity index (χ4v) is 1.23. The number of nitrogens with one attached hydrogen (secondary N) is 1. The van der Waals surface area contributed by atoms with Crippen LogP contribution < -0.4 is 4.83 Å². The van der Waals surface area contributed by atoms with Gasteiger partial charge in [-0.3, -0.25) is 0 Å². The Labute approximate surface area is 87.6 Å². The van der Waals surface area contributed by atoms with Crippen molar-refractivity contribution in [2.24, 2.45) is 5.10 Å². The Balaban J connectivity index is 2.70. The summed E-state index contributed by atoms with van der Waals surface area (Å²) in [4.78, 5) is 1.99. The molecule has 0 bridgehead atoms. The van der Waals surface area contributed by atoms with Crippen molar-refractivity contribution in [1.29, 1.82) is 0 Å². The summed E-state index contributed by atoms with van der Waals surface area (Å²) >= 11 is 5.71. The maximum Gasteiger partial charge on any atom is 0.244 e. The molecule has 0 aromatic heterocycles. The van der Waals surface area contributed by atoms with Gasteiger partial charge in [0.25, 0.3) is 0 Å². The van der Waals surface area contributed by atoms with Gasteiger partial charge in [0.2, 0.25) is 10.0 Å². The molecule has 1 aromatic carbocycles. The van der Waals surface area contributed by atoms with Crippen molar-refractivity contribution in [2.45, 2.75) is 0 Å². The predicted molar refractivity (Wildman–Crippen MR) is 57.0 cm³/mol. The van der Waals surface area contributed by atoms with E-state index in [9.17, 15) is 8.42 Å². The van der Waals surface area contributed by atoms with Gasteiger partial charge in [-0.05, 0) is 17.7 Å². The summed E-state index contributed by atoms with van der Waals surface area (Å²) in [5.74, 6) is 0.